The number of alkyl carbamates (subject to hydrolysis) is 1. The highest BCUT2D eigenvalue weighted by atomic mass is 16.7. The molecule has 2 aliphatic rings. The summed E-state index contributed by atoms with van der Waals surface area (Å²) in [5.74, 6) is -0.402. The molecule has 7 nitrogen and oxygen atoms in total. The number of methoxy groups -OCH3 is 1. The largest absolute Gasteiger partial charge is 0.469 e. The second-order valence-electron chi connectivity index (χ2n) is 6.26. The molecule has 1 aliphatic carbocycles. The summed E-state index contributed by atoms with van der Waals surface area (Å²) < 4.78 is 15.0. The fourth-order valence-corrected chi connectivity index (χ4v) is 2.31. The first kappa shape index (κ1) is 15.1. The number of nitrogens with one attached hydrogen (secondary N) is 1. The van der Waals surface area contributed by atoms with E-state index in [4.69, 9.17) is 14.2 Å². The van der Waals surface area contributed by atoms with Crippen molar-refractivity contribution in [2.24, 2.45) is 5.41 Å². The Bertz CT molecular complexity index is 412. The number of esters is 1. The highest BCUT2D eigenvalue weighted by molar-refractivity contribution is 5.82. The highest BCUT2D eigenvalue weighted by Gasteiger charge is 2.64. The van der Waals surface area contributed by atoms with Gasteiger partial charge in [0, 0.05) is 0 Å². The molecular weight excluding hydrogens is 266 g/mol. The number of carbonyl (C=O) groups is 2. The maximum absolute atomic E-state index is 11.9. The van der Waals surface area contributed by atoms with E-state index in [-0.39, 0.29) is 0 Å². The van der Waals surface area contributed by atoms with Gasteiger partial charge in [-0.05, 0) is 33.6 Å². The minimum Gasteiger partial charge on any atom is -0.469 e. The molecule has 0 aromatic rings. The molecule has 1 heterocycles. The molecule has 20 heavy (non-hydrogen) atoms. The molecule has 0 bridgehead atoms. The summed E-state index contributed by atoms with van der Waals surface area (Å²) in [6.45, 7) is 5.24. The zero-order valence-electron chi connectivity index (χ0n) is 12.1. The van der Waals surface area contributed by atoms with Gasteiger partial charge >= 0.3 is 12.1 Å². The first-order chi connectivity index (χ1) is 9.19. The van der Waals surface area contributed by atoms with Gasteiger partial charge in [-0.1, -0.05) is 0 Å². The van der Waals surface area contributed by atoms with Crippen LogP contribution < -0.4 is 5.32 Å². The molecular formula is C13H21NO6. The number of hydrogen-bond acceptors (Lipinski definition) is 6. The average Bonchev–Trinajstić information content (AvgIpc) is 3.19. The lowest BCUT2D eigenvalue weighted by atomic mass is 9.93. The molecule has 2 N–H and O–H groups in total. The summed E-state index contributed by atoms with van der Waals surface area (Å²) in [6.07, 6.45) is -1.01. The average molecular weight is 287 g/mol. The summed E-state index contributed by atoms with van der Waals surface area (Å²) in [5.41, 5.74) is -1.45. The Hall–Kier alpha value is -1.34. The lowest BCUT2D eigenvalue weighted by Gasteiger charge is -2.26. The Morgan fingerprint density at radius 2 is 1.95 bits per heavy atom. The summed E-state index contributed by atoms with van der Waals surface area (Å²) in [7, 11) is 1.30. The second kappa shape index (κ2) is 4.89. The quantitative estimate of drug-likeness (QED) is 0.579. The lowest BCUT2D eigenvalue weighted by molar-refractivity contribution is -0.148. The molecule has 1 amide bonds. The predicted octanol–water partition coefficient (Wildman–Crippen LogP) is 0.550. The van der Waals surface area contributed by atoms with E-state index in [1.54, 1.807) is 20.8 Å². The number of epoxide rings is 1. The number of rotatable bonds is 4. The summed E-state index contributed by atoms with van der Waals surface area (Å²) in [5, 5.41) is 12.1. The van der Waals surface area contributed by atoms with Gasteiger partial charge in [-0.15, -0.1) is 0 Å². The molecule has 2 rings (SSSR count). The van der Waals surface area contributed by atoms with Crippen molar-refractivity contribution in [3.05, 3.63) is 0 Å². The van der Waals surface area contributed by atoms with Gasteiger partial charge in [-0.25, -0.2) is 4.79 Å². The van der Waals surface area contributed by atoms with Crippen LogP contribution in [0, 0.1) is 5.41 Å². The second-order valence-corrected chi connectivity index (χ2v) is 6.26. The van der Waals surface area contributed by atoms with Crippen LogP contribution in [0.2, 0.25) is 0 Å². The highest BCUT2D eigenvalue weighted by Crippen LogP contribution is 2.53. The SMILES string of the molecule is COC(=O)C1([C@H](NC(=O)OC(C)(C)C)C2OC2O)CC1. The third-order valence-electron chi connectivity index (χ3n) is 3.48. The standard InChI is InChI=1S/C13H21NO6/c1-12(2,3)20-11(17)14-8(7-9(15)19-7)13(5-6-13)10(16)18-4/h7-9,15H,5-6H2,1-4H3,(H,14,17)/t7?,8-,9?/m1/s1. The molecule has 0 spiro atoms. The molecule has 1 aliphatic heterocycles. The topological polar surface area (TPSA) is 97.4 Å². The summed E-state index contributed by atoms with van der Waals surface area (Å²) in [4.78, 5) is 23.8. The monoisotopic (exact) mass is 287 g/mol. The first-order valence-electron chi connectivity index (χ1n) is 6.61. The van der Waals surface area contributed by atoms with E-state index in [0.717, 1.165) is 0 Å². The van der Waals surface area contributed by atoms with Crippen LogP contribution in [0.3, 0.4) is 0 Å². The molecule has 3 atom stereocenters. The zero-order chi connectivity index (χ0) is 15.1. The maximum atomic E-state index is 11.9. The van der Waals surface area contributed by atoms with E-state index >= 15 is 0 Å². The maximum Gasteiger partial charge on any atom is 0.407 e. The minimum absolute atomic E-state index is 0.402. The van der Waals surface area contributed by atoms with Crippen LogP contribution in [-0.2, 0) is 19.0 Å². The molecule has 114 valence electrons. The third-order valence-corrected chi connectivity index (χ3v) is 3.48. The van der Waals surface area contributed by atoms with E-state index in [1.165, 1.54) is 7.11 Å². The Morgan fingerprint density at radius 1 is 1.40 bits per heavy atom. The number of amides is 1. The normalized spacial score (nSPS) is 28.2. The molecule has 1 saturated heterocycles. The van der Waals surface area contributed by atoms with Crippen molar-refractivity contribution in [3.63, 3.8) is 0 Å². The van der Waals surface area contributed by atoms with Crippen molar-refractivity contribution in [3.8, 4) is 0 Å². The van der Waals surface area contributed by atoms with Crippen molar-refractivity contribution in [1.82, 2.24) is 5.32 Å². The molecule has 0 aromatic heterocycles. The summed E-state index contributed by atoms with van der Waals surface area (Å²) >= 11 is 0. The molecule has 2 unspecified atom stereocenters. The van der Waals surface area contributed by atoms with Crippen LogP contribution in [-0.4, -0.2) is 48.3 Å². The van der Waals surface area contributed by atoms with Crippen LogP contribution in [0.15, 0.2) is 0 Å². The Kier molecular flexibility index (Phi) is 3.68. The Morgan fingerprint density at radius 3 is 2.30 bits per heavy atom. The first-order valence-corrected chi connectivity index (χ1v) is 6.61. The Labute approximate surface area is 117 Å². The van der Waals surface area contributed by atoms with E-state index in [9.17, 15) is 14.7 Å². The van der Waals surface area contributed by atoms with Gasteiger partial charge in [-0.3, -0.25) is 4.79 Å². The number of carbonyl (C=O) groups excluding carboxylic acids is 2. The van der Waals surface area contributed by atoms with Gasteiger partial charge in [-0.2, -0.15) is 0 Å². The van der Waals surface area contributed by atoms with E-state index in [1.807, 2.05) is 0 Å². The number of hydrogen-bond donors (Lipinski definition) is 2. The minimum atomic E-state index is -0.961. The fourth-order valence-electron chi connectivity index (χ4n) is 2.31. The summed E-state index contributed by atoms with van der Waals surface area (Å²) in [6, 6.07) is -0.639. The van der Waals surface area contributed by atoms with Crippen LogP contribution in [0.5, 0.6) is 0 Å². The van der Waals surface area contributed by atoms with E-state index in [2.05, 4.69) is 5.32 Å². The third kappa shape index (κ3) is 3.04. The van der Waals surface area contributed by atoms with E-state index in [0.29, 0.717) is 12.8 Å². The molecule has 0 aromatic carbocycles. The molecule has 2 fully saturated rings. The van der Waals surface area contributed by atoms with Crippen molar-refractivity contribution in [2.75, 3.05) is 7.11 Å². The van der Waals surface area contributed by atoms with Crippen LogP contribution in [0.25, 0.3) is 0 Å². The Balaban J connectivity index is 2.06. The number of ether oxygens (including phenoxy) is 3. The zero-order valence-corrected chi connectivity index (χ0v) is 12.1. The van der Waals surface area contributed by atoms with Gasteiger partial charge in [0.15, 0.2) is 6.29 Å². The smallest absolute Gasteiger partial charge is 0.407 e. The number of aliphatic hydroxyl groups excluding tert-OH is 1. The lowest BCUT2D eigenvalue weighted by Crippen LogP contribution is -2.50. The van der Waals surface area contributed by atoms with Crippen LogP contribution >= 0.6 is 0 Å². The molecule has 1 saturated carbocycles. The van der Waals surface area contributed by atoms with Crippen LogP contribution in [0.4, 0.5) is 4.79 Å². The predicted molar refractivity (Wildman–Crippen MR) is 67.7 cm³/mol. The van der Waals surface area contributed by atoms with Crippen molar-refractivity contribution in [1.29, 1.82) is 0 Å². The van der Waals surface area contributed by atoms with Crippen LogP contribution in [0.1, 0.15) is 33.6 Å². The van der Waals surface area contributed by atoms with Gasteiger partial charge in [0.1, 0.15) is 11.7 Å². The van der Waals surface area contributed by atoms with Gasteiger partial charge in [0.2, 0.25) is 0 Å². The number of aliphatic hydroxyl groups is 1. The van der Waals surface area contributed by atoms with Gasteiger partial charge in [0.25, 0.3) is 0 Å². The molecule has 0 radical (unpaired) electrons. The molecule has 7 heteroatoms. The van der Waals surface area contributed by atoms with Crippen molar-refractivity contribution in [2.45, 2.75) is 57.6 Å². The van der Waals surface area contributed by atoms with Gasteiger partial charge < -0.3 is 24.6 Å². The van der Waals surface area contributed by atoms with Crippen molar-refractivity contribution < 1.29 is 28.9 Å². The van der Waals surface area contributed by atoms with Crippen molar-refractivity contribution >= 4 is 12.1 Å². The van der Waals surface area contributed by atoms with Gasteiger partial charge in [0.05, 0.1) is 18.6 Å². The fraction of sp³-hybridized carbons (Fsp3) is 0.846. The van der Waals surface area contributed by atoms with E-state index < -0.39 is 41.5 Å².